The van der Waals surface area contributed by atoms with Crippen molar-refractivity contribution in [2.45, 2.75) is 12.5 Å². The van der Waals surface area contributed by atoms with Gasteiger partial charge in [-0.1, -0.05) is 57.3 Å². The lowest BCUT2D eigenvalue weighted by Crippen LogP contribution is -2.04. The number of aliphatic hydroxyl groups is 1. The van der Waals surface area contributed by atoms with Crippen LogP contribution in [0.5, 0.6) is 5.75 Å². The van der Waals surface area contributed by atoms with Gasteiger partial charge >= 0.3 is 0 Å². The van der Waals surface area contributed by atoms with Gasteiger partial charge in [0.15, 0.2) is 0 Å². The SMILES string of the molecule is COc1cc(Br)ccc1C(O)Cc1cccc(Cl)c1Cl. The van der Waals surface area contributed by atoms with E-state index in [-0.39, 0.29) is 0 Å². The summed E-state index contributed by atoms with van der Waals surface area (Å²) >= 11 is 15.5. The Hall–Kier alpha value is -0.740. The average molecular weight is 376 g/mol. The first-order valence-electron chi connectivity index (χ1n) is 5.97. The minimum atomic E-state index is -0.714. The average Bonchev–Trinajstić information content (AvgIpc) is 2.43. The molecule has 0 aromatic heterocycles. The highest BCUT2D eigenvalue weighted by Gasteiger charge is 2.16. The standard InChI is InChI=1S/C15H13BrCl2O2/c1-20-14-8-10(16)5-6-11(14)13(19)7-9-3-2-4-12(17)15(9)18/h2-6,8,13,19H,7H2,1H3. The Morgan fingerprint density at radius 1 is 1.25 bits per heavy atom. The Bertz CT molecular complexity index is 617. The number of hydrogen-bond donors (Lipinski definition) is 1. The molecule has 0 saturated heterocycles. The van der Waals surface area contributed by atoms with Crippen molar-refractivity contribution in [3.8, 4) is 5.75 Å². The molecule has 106 valence electrons. The van der Waals surface area contributed by atoms with Crippen molar-refractivity contribution in [3.63, 3.8) is 0 Å². The lowest BCUT2D eigenvalue weighted by atomic mass is 10.0. The van der Waals surface area contributed by atoms with Crippen molar-refractivity contribution >= 4 is 39.1 Å². The number of halogens is 3. The van der Waals surface area contributed by atoms with Gasteiger partial charge in [0.05, 0.1) is 23.3 Å². The minimum Gasteiger partial charge on any atom is -0.496 e. The molecule has 2 aromatic carbocycles. The number of ether oxygens (including phenoxy) is 1. The van der Waals surface area contributed by atoms with E-state index in [0.717, 1.165) is 10.0 Å². The van der Waals surface area contributed by atoms with Crippen molar-refractivity contribution in [3.05, 3.63) is 62.0 Å². The summed E-state index contributed by atoms with van der Waals surface area (Å²) in [5.74, 6) is 0.630. The second-order valence-corrected chi connectivity index (χ2v) is 6.02. The van der Waals surface area contributed by atoms with Crippen molar-refractivity contribution in [2.24, 2.45) is 0 Å². The highest BCUT2D eigenvalue weighted by molar-refractivity contribution is 9.10. The van der Waals surface area contributed by atoms with E-state index in [4.69, 9.17) is 27.9 Å². The second kappa shape index (κ2) is 6.81. The summed E-state index contributed by atoms with van der Waals surface area (Å²) < 4.78 is 6.18. The Morgan fingerprint density at radius 2 is 2.00 bits per heavy atom. The molecular formula is C15H13BrCl2O2. The fraction of sp³-hybridized carbons (Fsp3) is 0.200. The number of benzene rings is 2. The summed E-state index contributed by atoms with van der Waals surface area (Å²) in [5.41, 5.74) is 1.52. The largest absolute Gasteiger partial charge is 0.496 e. The Morgan fingerprint density at radius 3 is 2.70 bits per heavy atom. The lowest BCUT2D eigenvalue weighted by Gasteiger charge is -2.16. The monoisotopic (exact) mass is 374 g/mol. The van der Waals surface area contributed by atoms with E-state index in [1.54, 1.807) is 13.2 Å². The predicted molar refractivity (Wildman–Crippen MR) is 85.8 cm³/mol. The van der Waals surface area contributed by atoms with Crippen LogP contribution in [-0.4, -0.2) is 12.2 Å². The molecule has 2 rings (SSSR count). The molecule has 0 radical (unpaired) electrons. The highest BCUT2D eigenvalue weighted by atomic mass is 79.9. The zero-order valence-corrected chi connectivity index (χ0v) is 13.8. The quantitative estimate of drug-likeness (QED) is 0.810. The van der Waals surface area contributed by atoms with Crippen LogP contribution in [0, 0.1) is 0 Å². The minimum absolute atomic E-state index is 0.372. The maximum Gasteiger partial charge on any atom is 0.125 e. The summed E-state index contributed by atoms with van der Waals surface area (Å²) in [4.78, 5) is 0. The maximum atomic E-state index is 10.4. The first-order valence-corrected chi connectivity index (χ1v) is 7.52. The molecule has 0 saturated carbocycles. The molecule has 20 heavy (non-hydrogen) atoms. The van der Waals surface area contributed by atoms with Crippen LogP contribution in [-0.2, 0) is 6.42 Å². The normalized spacial score (nSPS) is 12.2. The van der Waals surface area contributed by atoms with Gasteiger partial charge in [0.1, 0.15) is 5.75 Å². The van der Waals surface area contributed by atoms with Crippen molar-refractivity contribution in [1.29, 1.82) is 0 Å². The molecule has 1 atom stereocenters. The molecule has 0 heterocycles. The summed E-state index contributed by atoms with van der Waals surface area (Å²) in [6.07, 6.45) is -0.341. The molecule has 1 unspecified atom stereocenters. The van der Waals surface area contributed by atoms with Crippen LogP contribution in [0.3, 0.4) is 0 Å². The second-order valence-electron chi connectivity index (χ2n) is 4.32. The van der Waals surface area contributed by atoms with Crippen molar-refractivity contribution in [2.75, 3.05) is 7.11 Å². The van der Waals surface area contributed by atoms with Gasteiger partial charge in [0.2, 0.25) is 0 Å². The molecule has 0 aliphatic heterocycles. The van der Waals surface area contributed by atoms with Crippen LogP contribution in [0.1, 0.15) is 17.2 Å². The van der Waals surface area contributed by atoms with Gasteiger partial charge in [-0.3, -0.25) is 0 Å². The summed E-state index contributed by atoms with van der Waals surface area (Å²) in [6, 6.07) is 10.9. The van der Waals surface area contributed by atoms with Crippen molar-refractivity contribution in [1.82, 2.24) is 0 Å². The number of hydrogen-bond acceptors (Lipinski definition) is 2. The van der Waals surface area contributed by atoms with Crippen molar-refractivity contribution < 1.29 is 9.84 Å². The van der Waals surface area contributed by atoms with Crippen LogP contribution >= 0.6 is 39.1 Å². The van der Waals surface area contributed by atoms with Gasteiger partial charge in [-0.2, -0.15) is 0 Å². The maximum absolute atomic E-state index is 10.4. The van der Waals surface area contributed by atoms with E-state index in [2.05, 4.69) is 15.9 Å². The molecule has 0 bridgehead atoms. The van der Waals surface area contributed by atoms with Gasteiger partial charge < -0.3 is 9.84 Å². The summed E-state index contributed by atoms with van der Waals surface area (Å²) in [6.45, 7) is 0. The zero-order valence-electron chi connectivity index (χ0n) is 10.7. The van der Waals surface area contributed by atoms with Gasteiger partial charge in [-0.15, -0.1) is 0 Å². The molecule has 5 heteroatoms. The smallest absolute Gasteiger partial charge is 0.125 e. The molecule has 0 amide bonds. The third-order valence-electron chi connectivity index (χ3n) is 3.00. The van der Waals surface area contributed by atoms with E-state index in [9.17, 15) is 5.11 Å². The molecule has 0 spiro atoms. The van der Waals surface area contributed by atoms with Crippen LogP contribution in [0.4, 0.5) is 0 Å². The van der Waals surface area contributed by atoms with Crippen LogP contribution in [0.2, 0.25) is 10.0 Å². The van der Waals surface area contributed by atoms with Gasteiger partial charge in [0.25, 0.3) is 0 Å². The fourth-order valence-corrected chi connectivity index (χ4v) is 2.72. The van der Waals surface area contributed by atoms with Gasteiger partial charge in [0, 0.05) is 16.5 Å². The molecule has 1 N–H and O–H groups in total. The molecular weight excluding hydrogens is 363 g/mol. The van der Waals surface area contributed by atoms with Crippen LogP contribution < -0.4 is 4.74 Å². The summed E-state index contributed by atoms with van der Waals surface area (Å²) in [7, 11) is 1.57. The number of rotatable bonds is 4. The Balaban J connectivity index is 2.28. The van der Waals surface area contributed by atoms with E-state index in [1.165, 1.54) is 0 Å². The Labute approximate surface area is 136 Å². The third-order valence-corrected chi connectivity index (χ3v) is 4.35. The van der Waals surface area contributed by atoms with Gasteiger partial charge in [-0.25, -0.2) is 0 Å². The molecule has 2 nitrogen and oxygen atoms in total. The first-order chi connectivity index (χ1) is 9.52. The third kappa shape index (κ3) is 3.47. The lowest BCUT2D eigenvalue weighted by molar-refractivity contribution is 0.174. The molecule has 0 aliphatic carbocycles. The van der Waals surface area contributed by atoms with E-state index in [0.29, 0.717) is 27.8 Å². The molecule has 0 aliphatic rings. The number of methoxy groups -OCH3 is 1. The molecule has 2 aromatic rings. The Kier molecular flexibility index (Phi) is 5.33. The predicted octanol–water partition coefficient (Wildman–Crippen LogP) is 5.04. The van der Waals surface area contributed by atoms with Crippen LogP contribution in [0.15, 0.2) is 40.9 Å². The highest BCUT2D eigenvalue weighted by Crippen LogP contribution is 2.33. The van der Waals surface area contributed by atoms with E-state index >= 15 is 0 Å². The zero-order chi connectivity index (χ0) is 14.7. The topological polar surface area (TPSA) is 29.5 Å². The fourth-order valence-electron chi connectivity index (χ4n) is 1.98. The van der Waals surface area contributed by atoms with Crippen LogP contribution in [0.25, 0.3) is 0 Å². The molecule has 0 fully saturated rings. The van der Waals surface area contributed by atoms with E-state index < -0.39 is 6.10 Å². The summed E-state index contributed by atoms with van der Waals surface area (Å²) in [5, 5.41) is 11.4. The first kappa shape index (κ1) is 15.6. The number of aliphatic hydroxyl groups excluding tert-OH is 1. The van der Waals surface area contributed by atoms with Gasteiger partial charge in [-0.05, 0) is 23.8 Å². The van der Waals surface area contributed by atoms with E-state index in [1.807, 2.05) is 30.3 Å².